The van der Waals surface area contributed by atoms with Crippen LogP contribution in [0.3, 0.4) is 0 Å². The molecule has 2 heteroatoms. The van der Waals surface area contributed by atoms with E-state index in [-0.39, 0.29) is 12.1 Å². The van der Waals surface area contributed by atoms with Crippen molar-refractivity contribution in [2.45, 2.75) is 51.6 Å². The quantitative estimate of drug-likeness (QED) is 0.746. The van der Waals surface area contributed by atoms with Crippen LogP contribution in [0.1, 0.15) is 43.2 Å². The molecule has 0 saturated heterocycles. The number of ether oxygens (including phenoxy) is 1. The summed E-state index contributed by atoms with van der Waals surface area (Å²) >= 11 is 0. The molecule has 1 saturated carbocycles. The number of carbonyl (C=O) groups is 1. The van der Waals surface area contributed by atoms with Crippen LogP contribution < -0.4 is 0 Å². The second-order valence-electron chi connectivity index (χ2n) is 4.91. The number of carbonyl (C=O) groups excluding carboxylic acids is 1. The van der Waals surface area contributed by atoms with Crippen LogP contribution in [-0.4, -0.2) is 12.1 Å². The molecule has 0 aromatic heterocycles. The summed E-state index contributed by atoms with van der Waals surface area (Å²) in [6, 6.07) is 8.06. The van der Waals surface area contributed by atoms with E-state index in [1.807, 2.05) is 31.2 Å². The molecule has 1 aliphatic carbocycles. The lowest BCUT2D eigenvalue weighted by atomic mass is 9.98. The van der Waals surface area contributed by atoms with Crippen molar-refractivity contribution in [2.75, 3.05) is 0 Å². The first-order chi connectivity index (χ1) is 8.24. The third-order valence-corrected chi connectivity index (χ3v) is 3.32. The topological polar surface area (TPSA) is 26.3 Å². The van der Waals surface area contributed by atoms with E-state index in [4.69, 9.17) is 4.74 Å². The summed E-state index contributed by atoms with van der Waals surface area (Å²) in [5.41, 5.74) is 2.26. The van der Waals surface area contributed by atoms with E-state index in [1.54, 1.807) is 0 Å². The van der Waals surface area contributed by atoms with E-state index in [1.165, 1.54) is 24.8 Å². The molecule has 0 atom stereocenters. The minimum Gasteiger partial charge on any atom is -0.462 e. The summed E-state index contributed by atoms with van der Waals surface area (Å²) < 4.78 is 5.49. The number of rotatable bonds is 3. The van der Waals surface area contributed by atoms with Crippen LogP contribution in [-0.2, 0) is 16.0 Å². The minimum absolute atomic E-state index is 0.0826. The number of esters is 1. The van der Waals surface area contributed by atoms with Crippen LogP contribution in [0, 0.1) is 6.92 Å². The first-order valence-electron chi connectivity index (χ1n) is 6.49. The fraction of sp³-hybridized carbons (Fsp3) is 0.533. The zero-order valence-electron chi connectivity index (χ0n) is 10.4. The van der Waals surface area contributed by atoms with Crippen molar-refractivity contribution in [3.8, 4) is 0 Å². The molecule has 0 radical (unpaired) electrons. The second-order valence-corrected chi connectivity index (χ2v) is 4.91. The van der Waals surface area contributed by atoms with E-state index < -0.39 is 0 Å². The molecule has 0 aliphatic heterocycles. The van der Waals surface area contributed by atoms with Gasteiger partial charge in [0.05, 0.1) is 6.42 Å². The predicted octanol–water partition coefficient (Wildman–Crippen LogP) is 3.41. The Morgan fingerprint density at radius 3 is 2.47 bits per heavy atom. The van der Waals surface area contributed by atoms with Gasteiger partial charge in [-0.3, -0.25) is 4.79 Å². The van der Waals surface area contributed by atoms with Crippen molar-refractivity contribution >= 4 is 5.97 Å². The van der Waals surface area contributed by atoms with Crippen molar-refractivity contribution in [1.29, 1.82) is 0 Å². The molecule has 1 aliphatic rings. The fourth-order valence-corrected chi connectivity index (χ4v) is 2.28. The van der Waals surface area contributed by atoms with Crippen LogP contribution in [0.25, 0.3) is 0 Å². The molecule has 2 rings (SSSR count). The Labute approximate surface area is 103 Å². The lowest BCUT2D eigenvalue weighted by molar-refractivity contribution is -0.149. The maximum Gasteiger partial charge on any atom is 0.310 e. The van der Waals surface area contributed by atoms with Gasteiger partial charge in [0, 0.05) is 0 Å². The highest BCUT2D eigenvalue weighted by Gasteiger charge is 2.17. The molecule has 0 spiro atoms. The summed E-state index contributed by atoms with van der Waals surface area (Å²) in [6.45, 7) is 2.05. The third-order valence-electron chi connectivity index (χ3n) is 3.32. The number of hydrogen-bond acceptors (Lipinski definition) is 2. The monoisotopic (exact) mass is 232 g/mol. The molecule has 0 N–H and O–H groups in total. The van der Waals surface area contributed by atoms with Crippen LogP contribution in [0.15, 0.2) is 24.3 Å². The van der Waals surface area contributed by atoms with Gasteiger partial charge < -0.3 is 4.74 Å². The van der Waals surface area contributed by atoms with Gasteiger partial charge in [-0.2, -0.15) is 0 Å². The zero-order valence-corrected chi connectivity index (χ0v) is 10.4. The van der Waals surface area contributed by atoms with Crippen LogP contribution in [0.5, 0.6) is 0 Å². The first-order valence-corrected chi connectivity index (χ1v) is 6.49. The Morgan fingerprint density at radius 1 is 1.18 bits per heavy atom. The lowest BCUT2D eigenvalue weighted by Gasteiger charge is -2.21. The van der Waals surface area contributed by atoms with Crippen molar-refractivity contribution in [3.05, 3.63) is 35.4 Å². The molecule has 1 fully saturated rings. The van der Waals surface area contributed by atoms with Crippen molar-refractivity contribution in [2.24, 2.45) is 0 Å². The highest BCUT2D eigenvalue weighted by molar-refractivity contribution is 5.72. The molecular weight excluding hydrogens is 212 g/mol. The van der Waals surface area contributed by atoms with Crippen molar-refractivity contribution in [3.63, 3.8) is 0 Å². The maximum atomic E-state index is 11.7. The second kappa shape index (κ2) is 5.85. The zero-order chi connectivity index (χ0) is 12.1. The Kier molecular flexibility index (Phi) is 4.18. The fourth-order valence-electron chi connectivity index (χ4n) is 2.28. The molecular formula is C15H20O2. The smallest absolute Gasteiger partial charge is 0.310 e. The molecule has 17 heavy (non-hydrogen) atoms. The molecule has 1 aromatic carbocycles. The number of aryl methyl sites for hydroxylation is 1. The Morgan fingerprint density at radius 2 is 1.82 bits per heavy atom. The van der Waals surface area contributed by atoms with Gasteiger partial charge in [-0.25, -0.2) is 0 Å². The van der Waals surface area contributed by atoms with Crippen molar-refractivity contribution in [1.82, 2.24) is 0 Å². The molecule has 1 aromatic rings. The maximum absolute atomic E-state index is 11.7. The van der Waals surface area contributed by atoms with Crippen LogP contribution in [0.4, 0.5) is 0 Å². The van der Waals surface area contributed by atoms with Gasteiger partial charge in [0.15, 0.2) is 0 Å². The Hall–Kier alpha value is -1.31. The lowest BCUT2D eigenvalue weighted by Crippen LogP contribution is -2.21. The van der Waals surface area contributed by atoms with E-state index in [9.17, 15) is 4.79 Å². The summed E-state index contributed by atoms with van der Waals surface area (Å²) in [5, 5.41) is 0. The number of benzene rings is 1. The average molecular weight is 232 g/mol. The minimum atomic E-state index is -0.0826. The normalized spacial score (nSPS) is 16.8. The van der Waals surface area contributed by atoms with Gasteiger partial charge >= 0.3 is 5.97 Å². The average Bonchev–Trinajstić information content (AvgIpc) is 2.33. The van der Waals surface area contributed by atoms with Gasteiger partial charge in [-0.1, -0.05) is 36.2 Å². The van der Waals surface area contributed by atoms with Gasteiger partial charge in [0.2, 0.25) is 0 Å². The predicted molar refractivity (Wildman–Crippen MR) is 67.8 cm³/mol. The van der Waals surface area contributed by atoms with E-state index in [0.29, 0.717) is 6.42 Å². The van der Waals surface area contributed by atoms with Crippen LogP contribution in [0.2, 0.25) is 0 Å². The van der Waals surface area contributed by atoms with Gasteiger partial charge in [0.1, 0.15) is 6.10 Å². The van der Waals surface area contributed by atoms with E-state index in [2.05, 4.69) is 0 Å². The summed E-state index contributed by atoms with van der Waals surface area (Å²) in [7, 11) is 0. The van der Waals surface area contributed by atoms with Gasteiger partial charge in [-0.05, 0) is 38.2 Å². The summed E-state index contributed by atoms with van der Waals surface area (Å²) in [5.74, 6) is -0.0826. The summed E-state index contributed by atoms with van der Waals surface area (Å²) in [6.07, 6.45) is 6.33. The SMILES string of the molecule is Cc1ccc(CC(=O)OC2CCCCC2)cc1. The highest BCUT2D eigenvalue weighted by Crippen LogP contribution is 2.20. The van der Waals surface area contributed by atoms with Crippen molar-refractivity contribution < 1.29 is 9.53 Å². The third kappa shape index (κ3) is 3.88. The van der Waals surface area contributed by atoms with Gasteiger partial charge in [0.25, 0.3) is 0 Å². The number of hydrogen-bond donors (Lipinski definition) is 0. The molecule has 0 amide bonds. The highest BCUT2D eigenvalue weighted by atomic mass is 16.5. The molecule has 0 unspecified atom stereocenters. The van der Waals surface area contributed by atoms with Crippen LogP contribution >= 0.6 is 0 Å². The Bertz CT molecular complexity index is 361. The first kappa shape index (κ1) is 12.2. The Balaban J connectivity index is 1.82. The molecule has 0 bridgehead atoms. The van der Waals surface area contributed by atoms with Gasteiger partial charge in [-0.15, -0.1) is 0 Å². The molecule has 0 heterocycles. The molecule has 92 valence electrons. The standard InChI is InChI=1S/C15H20O2/c1-12-7-9-13(10-8-12)11-15(16)17-14-5-3-2-4-6-14/h7-10,14H,2-6,11H2,1H3. The van der Waals surface area contributed by atoms with E-state index in [0.717, 1.165) is 18.4 Å². The molecule has 2 nitrogen and oxygen atoms in total. The van der Waals surface area contributed by atoms with E-state index >= 15 is 0 Å². The largest absolute Gasteiger partial charge is 0.462 e. The summed E-state index contributed by atoms with van der Waals surface area (Å²) in [4.78, 5) is 11.7.